The highest BCUT2D eigenvalue weighted by molar-refractivity contribution is 6.31. The van der Waals surface area contributed by atoms with Crippen molar-refractivity contribution in [1.29, 1.82) is 10.7 Å². The summed E-state index contributed by atoms with van der Waals surface area (Å²) in [5.41, 5.74) is 0.534. The van der Waals surface area contributed by atoms with Gasteiger partial charge in [-0.3, -0.25) is 9.59 Å². The van der Waals surface area contributed by atoms with Crippen molar-refractivity contribution in [3.05, 3.63) is 34.9 Å². The number of rotatable bonds is 6. The Morgan fingerprint density at radius 1 is 1.45 bits per heavy atom. The van der Waals surface area contributed by atoms with Crippen LogP contribution >= 0.6 is 11.6 Å². The predicted octanol–water partition coefficient (Wildman–Crippen LogP) is 2.17. The number of nitrogens with zero attached hydrogens (tertiary/aromatic N) is 1. The summed E-state index contributed by atoms with van der Waals surface area (Å²) in [4.78, 5) is 23.2. The van der Waals surface area contributed by atoms with Gasteiger partial charge in [0.05, 0.1) is 12.5 Å². The van der Waals surface area contributed by atoms with Gasteiger partial charge in [0.2, 0.25) is 0 Å². The van der Waals surface area contributed by atoms with Crippen molar-refractivity contribution < 1.29 is 14.3 Å². The van der Waals surface area contributed by atoms with Crippen LogP contribution in [0.15, 0.2) is 24.3 Å². The second-order valence-corrected chi connectivity index (χ2v) is 4.55. The van der Waals surface area contributed by atoms with E-state index < -0.39 is 24.3 Å². The number of Topliss-reactive ketones (excluding diaryl/α,β-unsaturated/α-hetero) is 1. The third-order valence-corrected chi connectivity index (χ3v) is 2.92. The normalized spacial score (nSPS) is 11.2. The fourth-order valence-electron chi connectivity index (χ4n) is 1.49. The molecule has 1 aromatic rings. The summed E-state index contributed by atoms with van der Waals surface area (Å²) >= 11 is 5.90. The minimum atomic E-state index is -1.16. The van der Waals surface area contributed by atoms with Crippen LogP contribution in [-0.4, -0.2) is 24.1 Å². The molecule has 0 aliphatic heterocycles. The van der Waals surface area contributed by atoms with Gasteiger partial charge in [0.1, 0.15) is 5.92 Å². The van der Waals surface area contributed by atoms with Crippen LogP contribution in [0.1, 0.15) is 12.5 Å². The first-order chi connectivity index (χ1) is 9.45. The summed E-state index contributed by atoms with van der Waals surface area (Å²) in [5.74, 6) is -2.37. The van der Waals surface area contributed by atoms with Gasteiger partial charge in [-0.1, -0.05) is 29.8 Å². The second-order valence-electron chi connectivity index (χ2n) is 4.14. The number of nitriles is 1. The number of ether oxygens (including phenoxy) is 1. The average Bonchev–Trinajstić information content (AvgIpc) is 2.39. The number of ketones is 1. The Balaban J connectivity index is 2.53. The van der Waals surface area contributed by atoms with E-state index in [2.05, 4.69) is 0 Å². The topological polar surface area (TPSA) is 91.0 Å². The molecule has 0 fully saturated rings. The molecule has 1 N–H and O–H groups in total. The van der Waals surface area contributed by atoms with Crippen LogP contribution in [0.3, 0.4) is 0 Å². The molecule has 0 radical (unpaired) electrons. The molecule has 0 aromatic heterocycles. The van der Waals surface area contributed by atoms with E-state index in [4.69, 9.17) is 27.0 Å². The lowest BCUT2D eigenvalue weighted by molar-refractivity contribution is -0.147. The molecule has 1 atom stereocenters. The lowest BCUT2D eigenvalue weighted by Crippen LogP contribution is -2.26. The van der Waals surface area contributed by atoms with Crippen molar-refractivity contribution in [3.63, 3.8) is 0 Å². The summed E-state index contributed by atoms with van der Waals surface area (Å²) in [6.45, 7) is 0.842. The van der Waals surface area contributed by atoms with Gasteiger partial charge >= 0.3 is 5.97 Å². The van der Waals surface area contributed by atoms with E-state index in [1.165, 1.54) is 6.92 Å². The molecule has 6 heteroatoms. The van der Waals surface area contributed by atoms with Gasteiger partial charge in [-0.15, -0.1) is 0 Å². The quantitative estimate of drug-likeness (QED) is 0.642. The van der Waals surface area contributed by atoms with Gasteiger partial charge in [-0.25, -0.2) is 0 Å². The zero-order chi connectivity index (χ0) is 15.1. The Morgan fingerprint density at radius 3 is 2.65 bits per heavy atom. The molecular weight excluding hydrogens is 280 g/mol. The largest absolute Gasteiger partial charge is 0.457 e. The molecule has 0 aliphatic rings. The first-order valence-corrected chi connectivity index (χ1v) is 6.20. The number of carbonyl (C=O) groups excluding carboxylic acids is 2. The van der Waals surface area contributed by atoms with Crippen LogP contribution in [0.5, 0.6) is 0 Å². The van der Waals surface area contributed by atoms with E-state index in [9.17, 15) is 9.59 Å². The van der Waals surface area contributed by atoms with E-state index in [1.54, 1.807) is 30.3 Å². The molecule has 0 aliphatic carbocycles. The van der Waals surface area contributed by atoms with Gasteiger partial charge in [-0.2, -0.15) is 5.26 Å². The number of hydrogen-bond donors (Lipinski definition) is 1. The number of benzene rings is 1. The molecule has 0 amide bonds. The first kappa shape index (κ1) is 15.9. The minimum Gasteiger partial charge on any atom is -0.457 e. The summed E-state index contributed by atoms with van der Waals surface area (Å²) in [6.07, 6.45) is -0.0479. The Bertz CT molecular complexity index is 578. The molecule has 5 nitrogen and oxygen atoms in total. The highest BCUT2D eigenvalue weighted by atomic mass is 35.5. The fourth-order valence-corrected chi connectivity index (χ4v) is 1.70. The maximum absolute atomic E-state index is 11.6. The van der Waals surface area contributed by atoms with Crippen LogP contribution < -0.4 is 0 Å². The number of carbonyl (C=O) groups is 2. The van der Waals surface area contributed by atoms with Gasteiger partial charge < -0.3 is 10.1 Å². The van der Waals surface area contributed by atoms with E-state index in [-0.39, 0.29) is 12.1 Å². The summed E-state index contributed by atoms with van der Waals surface area (Å²) < 4.78 is 4.80. The zero-order valence-corrected chi connectivity index (χ0v) is 11.6. The smallest absolute Gasteiger partial charge is 0.310 e. The summed E-state index contributed by atoms with van der Waals surface area (Å²) in [7, 11) is 0. The minimum absolute atomic E-state index is 0.0479. The highest BCUT2D eigenvalue weighted by Crippen LogP contribution is 2.15. The Labute approximate surface area is 121 Å². The molecule has 104 valence electrons. The molecule has 0 bridgehead atoms. The fraction of sp³-hybridized carbons (Fsp3) is 0.286. The lowest BCUT2D eigenvalue weighted by Gasteiger charge is -2.08. The Kier molecular flexibility index (Phi) is 5.88. The van der Waals surface area contributed by atoms with Gasteiger partial charge in [0.25, 0.3) is 0 Å². The second kappa shape index (κ2) is 7.41. The average molecular weight is 293 g/mol. The molecule has 0 heterocycles. The third kappa shape index (κ3) is 4.48. The van der Waals surface area contributed by atoms with Gasteiger partial charge in [0, 0.05) is 10.7 Å². The van der Waals surface area contributed by atoms with Crippen LogP contribution in [0.4, 0.5) is 0 Å². The maximum Gasteiger partial charge on any atom is 0.310 e. The first-order valence-electron chi connectivity index (χ1n) is 5.82. The van der Waals surface area contributed by atoms with Crippen molar-refractivity contribution in [2.75, 3.05) is 6.61 Å². The molecule has 1 unspecified atom stereocenters. The van der Waals surface area contributed by atoms with E-state index in [0.717, 1.165) is 0 Å². The zero-order valence-electron chi connectivity index (χ0n) is 10.9. The number of halogens is 1. The molecule has 0 spiro atoms. The SMILES string of the molecule is CC(=N)C(C#N)C(=O)COC(=O)Cc1ccccc1Cl. The predicted molar refractivity (Wildman–Crippen MR) is 73.6 cm³/mol. The van der Waals surface area contributed by atoms with E-state index in [0.29, 0.717) is 10.6 Å². The van der Waals surface area contributed by atoms with Crippen LogP contribution in [-0.2, 0) is 20.7 Å². The Morgan fingerprint density at radius 2 is 2.10 bits per heavy atom. The van der Waals surface area contributed by atoms with Gasteiger partial charge in [0.15, 0.2) is 12.4 Å². The molecule has 1 rings (SSSR count). The van der Waals surface area contributed by atoms with E-state index in [1.807, 2.05) is 0 Å². The molecule has 1 aromatic carbocycles. The molecule has 20 heavy (non-hydrogen) atoms. The van der Waals surface area contributed by atoms with Crippen molar-refractivity contribution in [3.8, 4) is 6.07 Å². The number of hydrogen-bond acceptors (Lipinski definition) is 5. The third-order valence-electron chi connectivity index (χ3n) is 2.55. The van der Waals surface area contributed by atoms with E-state index >= 15 is 0 Å². The summed E-state index contributed by atoms with van der Waals surface area (Å²) in [6, 6.07) is 8.52. The van der Waals surface area contributed by atoms with Crippen molar-refractivity contribution in [2.45, 2.75) is 13.3 Å². The van der Waals surface area contributed by atoms with Crippen LogP contribution in [0.2, 0.25) is 5.02 Å². The van der Waals surface area contributed by atoms with Crippen molar-refractivity contribution in [2.24, 2.45) is 5.92 Å². The van der Waals surface area contributed by atoms with Crippen LogP contribution in [0, 0.1) is 22.7 Å². The molecule has 0 saturated heterocycles. The lowest BCUT2D eigenvalue weighted by atomic mass is 10.0. The molecule has 0 saturated carbocycles. The monoisotopic (exact) mass is 292 g/mol. The summed E-state index contributed by atoms with van der Waals surface area (Å²) in [5, 5.41) is 16.5. The highest BCUT2D eigenvalue weighted by Gasteiger charge is 2.21. The van der Waals surface area contributed by atoms with Crippen LogP contribution in [0.25, 0.3) is 0 Å². The van der Waals surface area contributed by atoms with Gasteiger partial charge in [-0.05, 0) is 18.6 Å². The van der Waals surface area contributed by atoms with Crippen molar-refractivity contribution in [1.82, 2.24) is 0 Å². The number of esters is 1. The van der Waals surface area contributed by atoms with Crippen molar-refractivity contribution >= 4 is 29.1 Å². The standard InChI is InChI=1S/C14H13ClN2O3/c1-9(17)11(7-16)13(18)8-20-14(19)6-10-4-2-3-5-12(10)15/h2-5,11,17H,6,8H2,1H3. The maximum atomic E-state index is 11.6. The number of nitrogens with one attached hydrogen (secondary N) is 1. The Hall–Kier alpha value is -2.19. The molecular formula is C14H13ClN2O3.